The summed E-state index contributed by atoms with van der Waals surface area (Å²) in [6.07, 6.45) is 3.87. The Morgan fingerprint density at radius 2 is 1.54 bits per heavy atom. The van der Waals surface area contributed by atoms with Gasteiger partial charge in [-0.05, 0) is 90.3 Å². The lowest BCUT2D eigenvalue weighted by Gasteiger charge is -2.18. The molecule has 6 heteroatoms. The number of amides is 1. The lowest BCUT2D eigenvalue weighted by atomic mass is 9.98. The van der Waals surface area contributed by atoms with Gasteiger partial charge < -0.3 is 19.9 Å². The van der Waals surface area contributed by atoms with Crippen molar-refractivity contribution in [3.05, 3.63) is 87.4 Å². The van der Waals surface area contributed by atoms with E-state index in [1.165, 1.54) is 5.56 Å². The van der Waals surface area contributed by atoms with E-state index in [2.05, 4.69) is 0 Å². The van der Waals surface area contributed by atoms with Crippen molar-refractivity contribution < 1.29 is 19.0 Å². The number of halogens is 1. The van der Waals surface area contributed by atoms with Gasteiger partial charge in [0, 0.05) is 16.7 Å². The quantitative estimate of drug-likeness (QED) is 0.338. The summed E-state index contributed by atoms with van der Waals surface area (Å²) >= 11 is 6.49. The van der Waals surface area contributed by atoms with Gasteiger partial charge in [-0.1, -0.05) is 37.6 Å². The Hall–Kier alpha value is -3.18. The van der Waals surface area contributed by atoms with Gasteiger partial charge in [-0.2, -0.15) is 0 Å². The number of carbonyl (C=O) groups excluding carboxylic acids is 1. The maximum Gasteiger partial charge on any atom is 0.248 e. The fraction of sp³-hybridized carbons (Fsp3) is 0.345. The summed E-state index contributed by atoms with van der Waals surface area (Å²) in [7, 11) is 3.27. The zero-order chi connectivity index (χ0) is 25.4. The van der Waals surface area contributed by atoms with E-state index in [-0.39, 0.29) is 0 Å². The molecular weight excluding hydrogens is 462 g/mol. The Labute approximate surface area is 213 Å². The number of hydrogen-bond donors (Lipinski definition) is 1. The number of primary amides is 1. The highest BCUT2D eigenvalue weighted by Gasteiger charge is 2.29. The zero-order valence-corrected chi connectivity index (χ0v) is 21.7. The molecule has 1 aliphatic rings. The average molecular weight is 496 g/mol. The molecule has 1 saturated carbocycles. The van der Waals surface area contributed by atoms with Gasteiger partial charge in [0.25, 0.3) is 0 Å². The first-order valence-corrected chi connectivity index (χ1v) is 12.4. The number of hydrogen-bond acceptors (Lipinski definition) is 4. The first-order chi connectivity index (χ1) is 17.0. The van der Waals surface area contributed by atoms with Crippen LogP contribution in [-0.2, 0) is 19.4 Å². The first-order valence-electron chi connectivity index (χ1n) is 12.0. The second kappa shape index (κ2) is 12.5. The molecule has 0 atom stereocenters. The molecule has 0 radical (unpaired) electrons. The zero-order valence-electron chi connectivity index (χ0n) is 20.9. The minimum absolute atomic E-state index is 0.398. The van der Waals surface area contributed by atoms with E-state index in [0.29, 0.717) is 18.1 Å². The van der Waals surface area contributed by atoms with Gasteiger partial charge in [0.15, 0.2) is 0 Å². The maximum absolute atomic E-state index is 11.3. The fourth-order valence-electron chi connectivity index (χ4n) is 3.95. The molecule has 5 nitrogen and oxygen atoms in total. The normalized spacial score (nSPS) is 12.4. The van der Waals surface area contributed by atoms with Gasteiger partial charge in [-0.15, -0.1) is 0 Å². The van der Waals surface area contributed by atoms with Crippen LogP contribution >= 0.6 is 11.6 Å². The largest absolute Gasteiger partial charge is 0.497 e. The van der Waals surface area contributed by atoms with Gasteiger partial charge in [-0.3, -0.25) is 4.79 Å². The number of aryl methyl sites for hydroxylation is 2. The molecule has 1 aliphatic carbocycles. The summed E-state index contributed by atoms with van der Waals surface area (Å²) in [4.78, 5) is 11.3. The Balaban J connectivity index is 0.00000167. The van der Waals surface area contributed by atoms with Crippen LogP contribution < -0.4 is 19.9 Å². The summed E-state index contributed by atoms with van der Waals surface area (Å²) in [5, 5.41) is 0.728. The fourth-order valence-corrected chi connectivity index (χ4v) is 4.20. The third kappa shape index (κ3) is 7.15. The molecule has 0 heterocycles. The highest BCUT2D eigenvalue weighted by molar-refractivity contribution is 6.30. The number of ether oxygens (including phenoxy) is 3. The number of benzene rings is 3. The topological polar surface area (TPSA) is 70.8 Å². The molecule has 3 aromatic rings. The Morgan fingerprint density at radius 1 is 0.914 bits per heavy atom. The van der Waals surface area contributed by atoms with Crippen LogP contribution in [0.2, 0.25) is 5.02 Å². The summed E-state index contributed by atoms with van der Waals surface area (Å²) in [6, 6.07) is 17.2. The van der Waals surface area contributed by atoms with Crippen LogP contribution in [0.4, 0.5) is 0 Å². The van der Waals surface area contributed by atoms with Crippen LogP contribution in [0, 0.1) is 0 Å². The number of methoxy groups -OCH3 is 2. The monoisotopic (exact) mass is 495 g/mol. The molecular formula is C29H34ClNO4. The molecule has 1 fully saturated rings. The summed E-state index contributed by atoms with van der Waals surface area (Å²) < 4.78 is 17.2. The standard InChI is InChI=1S/C27H28ClNO4.C2H6/c1-31-23-11-18(12-24(15-23)32-2)16-33-26-21(13-22(28)14-25(26)19-9-10-19)8-5-17-3-6-20(7-4-17)27(29)30;1-2/h3-4,6-7,11-15,19H,5,8-10,16H2,1-2H3,(H2,29,30);1-2H3. The predicted octanol–water partition coefficient (Wildman–Crippen LogP) is 6.72. The molecule has 0 saturated heterocycles. The molecule has 3 aromatic carbocycles. The van der Waals surface area contributed by atoms with E-state index < -0.39 is 5.91 Å². The number of nitrogens with two attached hydrogens (primary N) is 1. The maximum atomic E-state index is 11.3. The minimum atomic E-state index is -0.421. The van der Waals surface area contributed by atoms with Crippen molar-refractivity contribution in [2.24, 2.45) is 5.73 Å². The molecule has 0 bridgehead atoms. The molecule has 0 spiro atoms. The highest BCUT2D eigenvalue weighted by atomic mass is 35.5. The molecule has 35 heavy (non-hydrogen) atoms. The summed E-state index contributed by atoms with van der Waals surface area (Å²) in [5.74, 6) is 2.44. The van der Waals surface area contributed by atoms with Gasteiger partial charge in [0.1, 0.15) is 23.9 Å². The molecule has 0 aromatic heterocycles. The Kier molecular flexibility index (Phi) is 9.44. The van der Waals surface area contributed by atoms with Crippen LogP contribution in [0.3, 0.4) is 0 Å². The van der Waals surface area contributed by atoms with Crippen LogP contribution in [0.1, 0.15) is 65.2 Å². The van der Waals surface area contributed by atoms with E-state index in [4.69, 9.17) is 31.5 Å². The van der Waals surface area contributed by atoms with Crippen molar-refractivity contribution in [2.75, 3.05) is 14.2 Å². The van der Waals surface area contributed by atoms with Crippen molar-refractivity contribution in [3.63, 3.8) is 0 Å². The van der Waals surface area contributed by atoms with Gasteiger partial charge in [-0.25, -0.2) is 0 Å². The second-order valence-corrected chi connectivity index (χ2v) is 8.76. The van der Waals surface area contributed by atoms with Crippen LogP contribution in [0.15, 0.2) is 54.6 Å². The van der Waals surface area contributed by atoms with Crippen LogP contribution in [0.25, 0.3) is 0 Å². The minimum Gasteiger partial charge on any atom is -0.497 e. The highest BCUT2D eigenvalue weighted by Crippen LogP contribution is 2.47. The van der Waals surface area contributed by atoms with E-state index in [0.717, 1.165) is 64.6 Å². The van der Waals surface area contributed by atoms with E-state index >= 15 is 0 Å². The number of carbonyl (C=O) groups is 1. The van der Waals surface area contributed by atoms with Crippen molar-refractivity contribution in [1.82, 2.24) is 0 Å². The molecule has 1 amide bonds. The lowest BCUT2D eigenvalue weighted by Crippen LogP contribution is -2.10. The summed E-state index contributed by atoms with van der Waals surface area (Å²) in [6.45, 7) is 4.40. The van der Waals surface area contributed by atoms with Crippen molar-refractivity contribution in [1.29, 1.82) is 0 Å². The SMILES string of the molecule is CC.COc1cc(COc2c(CCc3ccc(C(N)=O)cc3)cc(Cl)cc2C2CC2)cc(OC)c1. The van der Waals surface area contributed by atoms with Crippen LogP contribution in [-0.4, -0.2) is 20.1 Å². The lowest BCUT2D eigenvalue weighted by molar-refractivity contribution is 0.100. The van der Waals surface area contributed by atoms with Crippen LogP contribution in [0.5, 0.6) is 17.2 Å². The second-order valence-electron chi connectivity index (χ2n) is 8.33. The van der Waals surface area contributed by atoms with Gasteiger partial charge >= 0.3 is 0 Å². The Bertz CT molecular complexity index is 1120. The molecule has 186 valence electrons. The molecule has 4 rings (SSSR count). The van der Waals surface area contributed by atoms with Gasteiger partial charge in [0.2, 0.25) is 5.91 Å². The number of rotatable bonds is 10. The molecule has 0 unspecified atom stereocenters. The van der Waals surface area contributed by atoms with E-state index in [1.54, 1.807) is 26.4 Å². The molecule has 0 aliphatic heterocycles. The van der Waals surface area contributed by atoms with Crippen molar-refractivity contribution in [2.45, 2.75) is 52.1 Å². The summed E-state index contributed by atoms with van der Waals surface area (Å²) in [5.41, 5.74) is 10.2. The van der Waals surface area contributed by atoms with E-state index in [1.807, 2.05) is 56.3 Å². The average Bonchev–Trinajstić information content (AvgIpc) is 3.73. The first kappa shape index (κ1) is 26.4. The molecule has 2 N–H and O–H groups in total. The van der Waals surface area contributed by atoms with Crippen molar-refractivity contribution >= 4 is 17.5 Å². The Morgan fingerprint density at radius 3 is 2.09 bits per heavy atom. The van der Waals surface area contributed by atoms with E-state index in [9.17, 15) is 4.79 Å². The smallest absolute Gasteiger partial charge is 0.248 e. The third-order valence-corrected chi connectivity index (χ3v) is 6.11. The van der Waals surface area contributed by atoms with Crippen molar-refractivity contribution in [3.8, 4) is 17.2 Å². The predicted molar refractivity (Wildman–Crippen MR) is 141 cm³/mol. The third-order valence-electron chi connectivity index (χ3n) is 5.89. The van der Waals surface area contributed by atoms with Gasteiger partial charge in [0.05, 0.1) is 14.2 Å².